The van der Waals surface area contributed by atoms with Gasteiger partial charge in [0, 0.05) is 23.7 Å². The Hall–Kier alpha value is -1.63. The predicted octanol–water partition coefficient (Wildman–Crippen LogP) is 0.703. The molecule has 2 atom stereocenters. The van der Waals surface area contributed by atoms with Gasteiger partial charge in [0.25, 0.3) is 0 Å². The summed E-state index contributed by atoms with van der Waals surface area (Å²) in [4.78, 5) is 0. The molecule has 0 saturated carbocycles. The molecule has 4 aromatic carbocycles. The fourth-order valence-corrected chi connectivity index (χ4v) is 6.40. The Balaban J connectivity index is 0.000000201. The van der Waals surface area contributed by atoms with Crippen LogP contribution in [0.25, 0.3) is 32.2 Å². The van der Waals surface area contributed by atoms with Crippen LogP contribution in [0.4, 0.5) is 0 Å². The molecule has 0 bridgehead atoms. The van der Waals surface area contributed by atoms with Gasteiger partial charge >= 0.3 is 21.7 Å². The molecule has 2 unspecified atom stereocenters. The van der Waals surface area contributed by atoms with E-state index in [1.165, 1.54) is 32.2 Å². The number of halogens is 2. The zero-order valence-electron chi connectivity index (χ0n) is 16.5. The van der Waals surface area contributed by atoms with Crippen LogP contribution in [-0.4, -0.2) is 0 Å². The molecule has 152 valence electrons. The van der Waals surface area contributed by atoms with Crippen LogP contribution in [0.1, 0.15) is 0 Å². The molecule has 0 aliphatic carbocycles. The Morgan fingerprint density at radius 2 is 1.00 bits per heavy atom. The van der Waals surface area contributed by atoms with Crippen LogP contribution in [0, 0.1) is 0 Å². The van der Waals surface area contributed by atoms with Crippen molar-refractivity contribution in [2.45, 2.75) is 0 Å². The van der Waals surface area contributed by atoms with Gasteiger partial charge in [-0.3, -0.25) is 0 Å². The first-order valence-corrected chi connectivity index (χ1v) is 12.1. The van der Waals surface area contributed by atoms with E-state index >= 15 is 0 Å². The molecule has 0 radical (unpaired) electrons. The van der Waals surface area contributed by atoms with Crippen molar-refractivity contribution in [2.75, 3.05) is 0 Å². The van der Waals surface area contributed by atoms with E-state index in [0.29, 0.717) is 0 Å². The number of fused-ring (bicyclic) bond motifs is 2. The van der Waals surface area contributed by atoms with Gasteiger partial charge in [-0.25, -0.2) is 9.49 Å². The van der Waals surface area contributed by atoms with Crippen LogP contribution in [0.2, 0.25) is 0 Å². The standard InChI is InChI=1S/2C12H9NP.2ClH.Ti/c2*1-2-5-11-9-12(8-10(11)4-1)14-7-3-6-13-14;;;/h2*1-9H;2*1H;/q2*-1;;;+4. The molecule has 0 spiro atoms. The molecule has 6 rings (SSSR count). The zero-order valence-corrected chi connectivity index (χ0v) is 21.4. The van der Waals surface area contributed by atoms with Crippen molar-refractivity contribution in [1.29, 1.82) is 0 Å². The average molecular weight is 517 g/mol. The Morgan fingerprint density at radius 3 is 1.35 bits per heavy atom. The van der Waals surface area contributed by atoms with E-state index in [0.717, 1.165) is 0 Å². The summed E-state index contributed by atoms with van der Waals surface area (Å²) in [6.07, 6.45) is 4.03. The van der Waals surface area contributed by atoms with Gasteiger partial charge in [-0.15, -0.1) is 70.1 Å². The van der Waals surface area contributed by atoms with Crippen molar-refractivity contribution in [3.8, 4) is 10.6 Å². The van der Waals surface area contributed by atoms with Gasteiger partial charge in [-0.1, -0.05) is 12.1 Å². The third-order valence-corrected chi connectivity index (χ3v) is 8.28. The Bertz CT molecular complexity index is 1150. The molecular weight excluding hydrogens is 497 g/mol. The molecule has 0 amide bonds. The SMILES string of the molecule is [Cl-].[Cl-].[Ti+4].c1ccc2[cH-]c(-p3ccc[nH+]3)cc2c1.c1ccc2[cH-]c(-p3ccc[nH+]3)cc2c1. The van der Waals surface area contributed by atoms with Crippen molar-refractivity contribution >= 4 is 36.9 Å². The summed E-state index contributed by atoms with van der Waals surface area (Å²) in [5, 5.41) is 8.18. The molecule has 6 aromatic rings. The first-order valence-electron chi connectivity index (χ1n) is 9.29. The predicted molar refractivity (Wildman–Crippen MR) is 120 cm³/mol. The van der Waals surface area contributed by atoms with Gasteiger partial charge in [0.05, 0.1) is 0 Å². The van der Waals surface area contributed by atoms with E-state index in [2.05, 4.69) is 106 Å². The monoisotopic (exact) mass is 516 g/mol. The number of nitrogens with one attached hydrogen (secondary N) is 2. The van der Waals surface area contributed by atoms with Gasteiger partial charge in [0.15, 0.2) is 12.4 Å². The van der Waals surface area contributed by atoms with E-state index in [1.807, 2.05) is 12.4 Å². The fraction of sp³-hybridized carbons (Fsp3) is 0. The minimum Gasteiger partial charge on any atom is -1.00 e. The number of aromatic nitrogens is 2. The maximum atomic E-state index is 3.36. The Labute approximate surface area is 211 Å². The maximum absolute atomic E-state index is 3.36. The zero-order chi connectivity index (χ0) is 18.8. The first-order chi connectivity index (χ1) is 13.9. The number of rotatable bonds is 2. The molecule has 31 heavy (non-hydrogen) atoms. The second kappa shape index (κ2) is 11.8. The van der Waals surface area contributed by atoms with E-state index in [-0.39, 0.29) is 61.9 Å². The van der Waals surface area contributed by atoms with Gasteiger partial charge in [-0.2, -0.15) is 12.1 Å². The summed E-state index contributed by atoms with van der Waals surface area (Å²) in [6.45, 7) is 0. The minimum atomic E-state index is -0.273. The van der Waals surface area contributed by atoms with E-state index in [9.17, 15) is 0 Å². The topological polar surface area (TPSA) is 28.3 Å². The second-order valence-corrected chi connectivity index (χ2v) is 10.3. The molecule has 7 heteroatoms. The quantitative estimate of drug-likeness (QED) is 0.239. The first kappa shape index (κ1) is 25.6. The molecule has 0 aliphatic rings. The third kappa shape index (κ3) is 5.79. The largest absolute Gasteiger partial charge is 4.00 e. The van der Waals surface area contributed by atoms with Gasteiger partial charge in [0.1, 0.15) is 15.4 Å². The Kier molecular flexibility index (Phi) is 9.79. The molecule has 0 fully saturated rings. The fourth-order valence-electron chi connectivity index (χ4n) is 3.46. The van der Waals surface area contributed by atoms with Crippen LogP contribution < -0.4 is 34.3 Å². The van der Waals surface area contributed by atoms with Crippen LogP contribution in [0.5, 0.6) is 0 Å². The molecule has 2 aromatic heterocycles. The molecular formula is C24H20Cl2N2P2Ti+2. The average Bonchev–Trinajstić information content (AvgIpc) is 3.54. The minimum absolute atomic E-state index is 0. The maximum Gasteiger partial charge on any atom is 4.00 e. The molecule has 0 saturated heterocycles. The molecule has 2 heterocycles. The number of aromatic amines is 2. The van der Waals surface area contributed by atoms with Crippen molar-refractivity contribution in [3.05, 3.63) is 109 Å². The van der Waals surface area contributed by atoms with Crippen molar-refractivity contribution in [1.82, 2.24) is 0 Å². The summed E-state index contributed by atoms with van der Waals surface area (Å²) < 4.78 is 6.73. The summed E-state index contributed by atoms with van der Waals surface area (Å²) in [6, 6.07) is 30.3. The van der Waals surface area contributed by atoms with E-state index < -0.39 is 0 Å². The third-order valence-electron chi connectivity index (χ3n) is 4.85. The number of hydrogen-bond donors (Lipinski definition) is 0. The van der Waals surface area contributed by atoms with Gasteiger partial charge < -0.3 is 24.8 Å². The molecule has 2 nitrogen and oxygen atoms in total. The van der Waals surface area contributed by atoms with E-state index in [1.54, 1.807) is 0 Å². The second-order valence-electron chi connectivity index (χ2n) is 6.70. The van der Waals surface area contributed by atoms with E-state index in [4.69, 9.17) is 0 Å². The van der Waals surface area contributed by atoms with Crippen molar-refractivity contribution in [2.24, 2.45) is 0 Å². The van der Waals surface area contributed by atoms with Crippen LogP contribution in [0.3, 0.4) is 0 Å². The number of H-pyrrole nitrogens is 2. The van der Waals surface area contributed by atoms with Crippen LogP contribution in [-0.2, 0) is 21.7 Å². The summed E-state index contributed by atoms with van der Waals surface area (Å²) in [5.41, 5.74) is 0. The summed E-state index contributed by atoms with van der Waals surface area (Å²) in [7, 11) is -0.546. The summed E-state index contributed by atoms with van der Waals surface area (Å²) in [5.74, 6) is 4.48. The van der Waals surface area contributed by atoms with Crippen LogP contribution >= 0.6 is 15.4 Å². The molecule has 0 aliphatic heterocycles. The Morgan fingerprint density at radius 1 is 0.581 bits per heavy atom. The van der Waals surface area contributed by atoms with Gasteiger partial charge in [-0.05, 0) is 10.6 Å². The number of hydrogen-bond acceptors (Lipinski definition) is 0. The smallest absolute Gasteiger partial charge is 1.00 e. The van der Waals surface area contributed by atoms with Crippen LogP contribution in [0.15, 0.2) is 109 Å². The normalized spacial score (nSPS) is 11.0. The molecule has 2 N–H and O–H groups in total. The number of benzene rings is 2. The van der Waals surface area contributed by atoms with Crippen molar-refractivity contribution < 1.29 is 56.0 Å². The van der Waals surface area contributed by atoms with Crippen molar-refractivity contribution in [3.63, 3.8) is 0 Å². The summed E-state index contributed by atoms with van der Waals surface area (Å²) >= 11 is 0. The van der Waals surface area contributed by atoms with Gasteiger partial charge in [0.2, 0.25) is 0 Å².